The number of halogens is 1. The smallest absolute Gasteiger partial charge is 0.00718 e. The minimum atomic E-state index is 0.873. The summed E-state index contributed by atoms with van der Waals surface area (Å²) < 4.78 is 0. The van der Waals surface area contributed by atoms with Gasteiger partial charge in [0, 0.05) is 11.9 Å². The lowest BCUT2D eigenvalue weighted by Crippen LogP contribution is -2.31. The van der Waals surface area contributed by atoms with Gasteiger partial charge in [0.25, 0.3) is 0 Å². The summed E-state index contributed by atoms with van der Waals surface area (Å²) in [5.74, 6) is 0.873. The Balaban J connectivity index is 2.24. The highest BCUT2D eigenvalue weighted by molar-refractivity contribution is 9.09. The average Bonchev–Trinajstić information content (AvgIpc) is 2.45. The van der Waals surface area contributed by atoms with Crippen LogP contribution in [0.25, 0.3) is 0 Å². The fourth-order valence-electron chi connectivity index (χ4n) is 2.31. The zero-order valence-corrected chi connectivity index (χ0v) is 11.1. The molecular formula is C12H24BrN. The van der Waals surface area contributed by atoms with Gasteiger partial charge in [0.2, 0.25) is 0 Å². The van der Waals surface area contributed by atoms with Crippen LogP contribution in [0.2, 0.25) is 0 Å². The lowest BCUT2D eigenvalue weighted by Gasteiger charge is -2.24. The molecule has 1 rings (SSSR count). The van der Waals surface area contributed by atoms with E-state index in [1.807, 2.05) is 0 Å². The third kappa shape index (κ3) is 4.79. The minimum Gasteiger partial charge on any atom is -0.303 e. The second kappa shape index (κ2) is 7.70. The van der Waals surface area contributed by atoms with Crippen molar-refractivity contribution in [3.8, 4) is 0 Å². The van der Waals surface area contributed by atoms with Crippen LogP contribution in [0, 0.1) is 5.92 Å². The van der Waals surface area contributed by atoms with E-state index < -0.39 is 0 Å². The number of alkyl halides is 1. The van der Waals surface area contributed by atoms with Gasteiger partial charge in [0.1, 0.15) is 0 Å². The lowest BCUT2D eigenvalue weighted by molar-refractivity contribution is 0.242. The molecule has 0 bridgehead atoms. The summed E-state index contributed by atoms with van der Waals surface area (Å²) in [5, 5.41) is 1.18. The van der Waals surface area contributed by atoms with Gasteiger partial charge in [0.05, 0.1) is 0 Å². The molecule has 84 valence electrons. The van der Waals surface area contributed by atoms with Crippen LogP contribution in [0.4, 0.5) is 0 Å². The Kier molecular flexibility index (Phi) is 6.88. The molecule has 0 radical (unpaired) electrons. The molecule has 0 saturated carbocycles. The quantitative estimate of drug-likeness (QED) is 0.683. The van der Waals surface area contributed by atoms with E-state index >= 15 is 0 Å². The van der Waals surface area contributed by atoms with Crippen molar-refractivity contribution in [2.75, 3.05) is 25.0 Å². The van der Waals surface area contributed by atoms with Gasteiger partial charge < -0.3 is 4.90 Å². The number of nitrogens with zero attached hydrogens (tertiary/aromatic N) is 1. The molecule has 0 spiro atoms. The molecule has 0 amide bonds. The number of rotatable bonds is 5. The van der Waals surface area contributed by atoms with E-state index in [9.17, 15) is 0 Å². The van der Waals surface area contributed by atoms with E-state index in [0.29, 0.717) is 0 Å². The summed E-state index contributed by atoms with van der Waals surface area (Å²) >= 11 is 3.64. The molecule has 0 aromatic heterocycles. The van der Waals surface area contributed by atoms with Gasteiger partial charge in [-0.25, -0.2) is 0 Å². The Morgan fingerprint density at radius 3 is 2.29 bits per heavy atom. The number of likely N-dealkylation sites (tertiary alicyclic amines) is 1. The molecular weight excluding hydrogens is 238 g/mol. The lowest BCUT2D eigenvalue weighted by atomic mass is 10.1. The zero-order chi connectivity index (χ0) is 10.2. The Labute approximate surface area is 97.4 Å². The maximum Gasteiger partial charge on any atom is 0.00718 e. The average molecular weight is 262 g/mol. The largest absolute Gasteiger partial charge is 0.303 e. The van der Waals surface area contributed by atoms with E-state index in [2.05, 4.69) is 27.8 Å². The highest BCUT2D eigenvalue weighted by Crippen LogP contribution is 2.15. The molecule has 0 aromatic rings. The van der Waals surface area contributed by atoms with E-state index in [0.717, 1.165) is 5.92 Å². The third-order valence-electron chi connectivity index (χ3n) is 3.13. The van der Waals surface area contributed by atoms with Crippen molar-refractivity contribution in [2.24, 2.45) is 5.92 Å². The molecule has 1 aliphatic rings. The van der Waals surface area contributed by atoms with Crippen LogP contribution in [0.5, 0.6) is 0 Å². The van der Waals surface area contributed by atoms with Crippen LogP contribution in [-0.4, -0.2) is 29.9 Å². The first-order valence-electron chi connectivity index (χ1n) is 6.15. The third-order valence-corrected chi connectivity index (χ3v) is 4.05. The van der Waals surface area contributed by atoms with Crippen molar-refractivity contribution >= 4 is 15.9 Å². The standard InChI is InChI=1S/C12H24BrN/c1-2-7-12(10-13)11-14-8-5-3-4-6-9-14/h12H,2-11H2,1H3. The first kappa shape index (κ1) is 12.5. The fraction of sp³-hybridized carbons (Fsp3) is 1.00. The van der Waals surface area contributed by atoms with Gasteiger partial charge in [0.15, 0.2) is 0 Å². The Bertz CT molecular complexity index is 130. The van der Waals surface area contributed by atoms with Crippen molar-refractivity contribution in [2.45, 2.75) is 45.4 Å². The van der Waals surface area contributed by atoms with Crippen LogP contribution >= 0.6 is 15.9 Å². The molecule has 0 aliphatic carbocycles. The Morgan fingerprint density at radius 2 is 1.79 bits per heavy atom. The van der Waals surface area contributed by atoms with Gasteiger partial charge >= 0.3 is 0 Å². The fourth-order valence-corrected chi connectivity index (χ4v) is 2.84. The summed E-state index contributed by atoms with van der Waals surface area (Å²) in [6.45, 7) is 6.29. The second-order valence-corrected chi connectivity index (χ2v) is 5.17. The van der Waals surface area contributed by atoms with E-state index in [1.54, 1.807) is 0 Å². The summed E-state index contributed by atoms with van der Waals surface area (Å²) in [6, 6.07) is 0. The topological polar surface area (TPSA) is 3.24 Å². The first-order valence-corrected chi connectivity index (χ1v) is 7.27. The Hall–Kier alpha value is 0.440. The summed E-state index contributed by atoms with van der Waals surface area (Å²) in [6.07, 6.45) is 8.43. The SMILES string of the molecule is CCCC(CBr)CN1CCCCCC1. The first-order chi connectivity index (χ1) is 6.86. The van der Waals surface area contributed by atoms with E-state index in [-0.39, 0.29) is 0 Å². The highest BCUT2D eigenvalue weighted by atomic mass is 79.9. The monoisotopic (exact) mass is 261 g/mol. The molecule has 14 heavy (non-hydrogen) atoms. The summed E-state index contributed by atoms with van der Waals surface area (Å²) in [4.78, 5) is 2.68. The normalized spacial score (nSPS) is 21.9. The van der Waals surface area contributed by atoms with Crippen molar-refractivity contribution < 1.29 is 0 Å². The maximum absolute atomic E-state index is 3.64. The van der Waals surface area contributed by atoms with E-state index in [1.165, 1.54) is 63.5 Å². The molecule has 0 aromatic carbocycles. The molecule has 1 saturated heterocycles. The minimum absolute atomic E-state index is 0.873. The predicted octanol–water partition coefficient (Wildman–Crippen LogP) is 3.67. The summed E-state index contributed by atoms with van der Waals surface area (Å²) in [7, 11) is 0. The van der Waals surface area contributed by atoms with Crippen molar-refractivity contribution in [3.63, 3.8) is 0 Å². The van der Waals surface area contributed by atoms with Crippen molar-refractivity contribution in [1.29, 1.82) is 0 Å². The number of hydrogen-bond donors (Lipinski definition) is 0. The van der Waals surface area contributed by atoms with Crippen LogP contribution < -0.4 is 0 Å². The van der Waals surface area contributed by atoms with Crippen LogP contribution in [0.1, 0.15) is 45.4 Å². The molecule has 1 fully saturated rings. The van der Waals surface area contributed by atoms with Gasteiger partial charge in [-0.3, -0.25) is 0 Å². The molecule has 1 unspecified atom stereocenters. The summed E-state index contributed by atoms with van der Waals surface area (Å²) in [5.41, 5.74) is 0. The van der Waals surface area contributed by atoms with Gasteiger partial charge in [-0.05, 0) is 38.3 Å². The molecule has 1 nitrogen and oxygen atoms in total. The highest BCUT2D eigenvalue weighted by Gasteiger charge is 2.13. The molecule has 2 heteroatoms. The van der Waals surface area contributed by atoms with Crippen LogP contribution in [-0.2, 0) is 0 Å². The van der Waals surface area contributed by atoms with Gasteiger partial charge in [-0.15, -0.1) is 0 Å². The van der Waals surface area contributed by atoms with Crippen molar-refractivity contribution in [3.05, 3.63) is 0 Å². The van der Waals surface area contributed by atoms with Gasteiger partial charge in [-0.2, -0.15) is 0 Å². The molecule has 1 aliphatic heterocycles. The number of hydrogen-bond acceptors (Lipinski definition) is 1. The Morgan fingerprint density at radius 1 is 1.14 bits per heavy atom. The van der Waals surface area contributed by atoms with E-state index in [4.69, 9.17) is 0 Å². The van der Waals surface area contributed by atoms with Crippen molar-refractivity contribution in [1.82, 2.24) is 4.90 Å². The van der Waals surface area contributed by atoms with Crippen LogP contribution in [0.3, 0.4) is 0 Å². The molecule has 1 atom stereocenters. The zero-order valence-electron chi connectivity index (χ0n) is 9.47. The van der Waals surface area contributed by atoms with Gasteiger partial charge in [-0.1, -0.05) is 42.1 Å². The predicted molar refractivity (Wildman–Crippen MR) is 67.1 cm³/mol. The molecule has 1 heterocycles. The second-order valence-electron chi connectivity index (χ2n) is 4.52. The molecule has 0 N–H and O–H groups in total. The van der Waals surface area contributed by atoms with Crippen LogP contribution in [0.15, 0.2) is 0 Å². The maximum atomic E-state index is 3.64.